The van der Waals surface area contributed by atoms with Crippen molar-refractivity contribution in [2.45, 2.75) is 82.1 Å². The van der Waals surface area contributed by atoms with Crippen LogP contribution in [0.2, 0.25) is 0 Å². The van der Waals surface area contributed by atoms with Crippen LogP contribution in [0.5, 0.6) is 0 Å². The average Bonchev–Trinajstić information content (AvgIpc) is 2.99. The Balaban J connectivity index is 1.41. The van der Waals surface area contributed by atoms with Gasteiger partial charge in [0, 0.05) is 48.9 Å². The van der Waals surface area contributed by atoms with Gasteiger partial charge in [-0.2, -0.15) is 0 Å². The Hall–Kier alpha value is -3.02. The number of carbonyl (C=O) groups is 1. The number of hydrogen-bond donors (Lipinski definition) is 2. The average molecular weight is 615 g/mol. The molecule has 0 spiro atoms. The molecule has 2 N–H and O–H groups in total. The molecule has 1 saturated heterocycles. The number of rotatable bonds is 9. The number of piperidine rings is 1. The molecule has 2 aliphatic rings. The van der Waals surface area contributed by atoms with Crippen molar-refractivity contribution in [1.29, 1.82) is 0 Å². The molecule has 11 heteroatoms. The first-order chi connectivity index (χ1) is 20.4. The van der Waals surface area contributed by atoms with Crippen LogP contribution in [0, 0.1) is 11.7 Å². The maximum Gasteiger partial charge on any atom is 0.251 e. The molecule has 1 aromatic carbocycles. The smallest absolute Gasteiger partial charge is 0.251 e. The van der Waals surface area contributed by atoms with Crippen molar-refractivity contribution < 1.29 is 27.1 Å². The Kier molecular flexibility index (Phi) is 9.15. The van der Waals surface area contributed by atoms with E-state index >= 15 is 8.78 Å². The fraction of sp³-hybridized carbons (Fsp3) is 0.531. The van der Waals surface area contributed by atoms with Gasteiger partial charge in [-0.3, -0.25) is 4.79 Å². The summed E-state index contributed by atoms with van der Waals surface area (Å²) in [5, 5.41) is 13.3. The van der Waals surface area contributed by atoms with Gasteiger partial charge in [-0.05, 0) is 73.4 Å². The van der Waals surface area contributed by atoms with E-state index in [9.17, 15) is 18.3 Å². The topological polar surface area (TPSA) is 112 Å². The number of fused-ring (bicyclic) bond motifs is 2. The quantitative estimate of drug-likeness (QED) is 0.358. The second kappa shape index (κ2) is 12.5. The van der Waals surface area contributed by atoms with Crippen LogP contribution in [0.15, 0.2) is 41.6 Å². The number of aliphatic hydroxyl groups excluding tert-OH is 1. The standard InChI is InChI=1S/C32H40F2N4O4S/c1-4-43(41,42)29-6-5-21(19-35-29)28(10-14-38-12-8-25(39)9-13-38)37-31(40)23-15-22-16-24-18-32(34,20(2)3)11-7-27(24)36-30(22)26(33)17-23/h5-6,15-17,19-20,25,28,39H,4,7-14,18H2,1-3H3,(H,37,40)/t28-,32-/m1/s1. The normalized spacial score (nSPS) is 20.7. The summed E-state index contributed by atoms with van der Waals surface area (Å²) in [6.45, 7) is 7.37. The lowest BCUT2D eigenvalue weighted by molar-refractivity contribution is 0.0794. The molecular formula is C32H40F2N4O4S. The fourth-order valence-electron chi connectivity index (χ4n) is 6.00. The van der Waals surface area contributed by atoms with Crippen LogP contribution in [-0.4, -0.2) is 71.5 Å². The van der Waals surface area contributed by atoms with Crippen LogP contribution in [0.25, 0.3) is 10.9 Å². The number of nitrogens with zero attached hydrogens (tertiary/aromatic N) is 3. The Bertz CT molecular complexity index is 1590. The van der Waals surface area contributed by atoms with Gasteiger partial charge < -0.3 is 15.3 Å². The number of nitrogens with one attached hydrogen (secondary N) is 1. The Labute approximate surface area is 251 Å². The van der Waals surface area contributed by atoms with E-state index in [1.54, 1.807) is 25.1 Å². The van der Waals surface area contributed by atoms with Crippen molar-refractivity contribution in [2.24, 2.45) is 5.92 Å². The highest BCUT2D eigenvalue weighted by Crippen LogP contribution is 2.38. The van der Waals surface area contributed by atoms with Crippen LogP contribution in [-0.2, 0) is 22.7 Å². The molecule has 1 amide bonds. The van der Waals surface area contributed by atoms with Gasteiger partial charge in [0.25, 0.3) is 5.91 Å². The SMILES string of the molecule is CCS(=O)(=O)c1ccc([C@@H](CCN2CCC(O)CC2)NC(=O)c2cc(F)c3nc4c(cc3c2)C[C@@](F)(C(C)C)CC4)cn1. The Morgan fingerprint density at radius 1 is 1.21 bits per heavy atom. The monoisotopic (exact) mass is 614 g/mol. The summed E-state index contributed by atoms with van der Waals surface area (Å²) < 4.78 is 55.4. The predicted molar refractivity (Wildman–Crippen MR) is 161 cm³/mol. The van der Waals surface area contributed by atoms with Crippen LogP contribution in [0.4, 0.5) is 8.78 Å². The van der Waals surface area contributed by atoms with Crippen LogP contribution < -0.4 is 5.32 Å². The highest BCUT2D eigenvalue weighted by Gasteiger charge is 2.38. The number of pyridine rings is 2. The predicted octanol–water partition coefficient (Wildman–Crippen LogP) is 4.73. The third kappa shape index (κ3) is 6.89. The maximum atomic E-state index is 15.5. The minimum Gasteiger partial charge on any atom is -0.393 e. The van der Waals surface area contributed by atoms with Gasteiger partial charge >= 0.3 is 0 Å². The van der Waals surface area contributed by atoms with Crippen LogP contribution >= 0.6 is 0 Å². The molecule has 232 valence electrons. The van der Waals surface area contributed by atoms with Crippen molar-refractivity contribution in [1.82, 2.24) is 20.2 Å². The molecular weight excluding hydrogens is 574 g/mol. The molecule has 0 saturated carbocycles. The highest BCUT2D eigenvalue weighted by molar-refractivity contribution is 7.91. The molecule has 43 heavy (non-hydrogen) atoms. The first-order valence-corrected chi connectivity index (χ1v) is 16.7. The Morgan fingerprint density at radius 2 is 1.95 bits per heavy atom. The minimum atomic E-state index is -3.49. The van der Waals surface area contributed by atoms with E-state index in [0.29, 0.717) is 55.3 Å². The lowest BCUT2D eigenvalue weighted by Gasteiger charge is -2.34. The summed E-state index contributed by atoms with van der Waals surface area (Å²) in [6.07, 6.45) is 3.99. The van der Waals surface area contributed by atoms with E-state index in [1.165, 1.54) is 18.3 Å². The van der Waals surface area contributed by atoms with Gasteiger partial charge in [0.2, 0.25) is 0 Å². The summed E-state index contributed by atoms with van der Waals surface area (Å²) in [5.41, 5.74) is 0.989. The van der Waals surface area contributed by atoms with Crippen LogP contribution in [0.1, 0.15) is 79.7 Å². The summed E-state index contributed by atoms with van der Waals surface area (Å²) in [5.74, 6) is -1.35. The highest BCUT2D eigenvalue weighted by atomic mass is 32.2. The van der Waals surface area contributed by atoms with Crippen LogP contribution in [0.3, 0.4) is 0 Å². The number of aryl methyl sites for hydroxylation is 1. The van der Waals surface area contributed by atoms with Gasteiger partial charge in [0.05, 0.1) is 17.9 Å². The summed E-state index contributed by atoms with van der Waals surface area (Å²) >= 11 is 0. The molecule has 3 heterocycles. The number of amides is 1. The van der Waals surface area contributed by atoms with E-state index in [2.05, 4.69) is 20.2 Å². The second-order valence-electron chi connectivity index (χ2n) is 12.2. The van der Waals surface area contributed by atoms with Gasteiger partial charge in [-0.1, -0.05) is 26.8 Å². The van der Waals surface area contributed by atoms with Crippen molar-refractivity contribution in [2.75, 3.05) is 25.4 Å². The van der Waals surface area contributed by atoms with E-state index in [-0.39, 0.29) is 40.3 Å². The number of halogens is 2. The number of alkyl halides is 1. The molecule has 0 bridgehead atoms. The number of carbonyl (C=O) groups excluding carboxylic acids is 1. The zero-order valence-electron chi connectivity index (χ0n) is 24.9. The molecule has 2 atom stereocenters. The van der Waals surface area contributed by atoms with Gasteiger partial charge in [0.1, 0.15) is 17.0 Å². The third-order valence-electron chi connectivity index (χ3n) is 9.06. The number of aliphatic hydroxyl groups is 1. The molecule has 8 nitrogen and oxygen atoms in total. The van der Waals surface area contributed by atoms with Crippen molar-refractivity contribution in [3.63, 3.8) is 0 Å². The van der Waals surface area contributed by atoms with E-state index in [0.717, 1.165) is 18.7 Å². The zero-order valence-corrected chi connectivity index (χ0v) is 25.8. The van der Waals surface area contributed by atoms with Crippen molar-refractivity contribution >= 4 is 26.6 Å². The van der Waals surface area contributed by atoms with Gasteiger partial charge in [-0.25, -0.2) is 27.2 Å². The largest absolute Gasteiger partial charge is 0.393 e. The molecule has 0 unspecified atom stereocenters. The summed E-state index contributed by atoms with van der Waals surface area (Å²) in [6, 6.07) is 7.08. The molecule has 1 aliphatic heterocycles. The maximum absolute atomic E-state index is 15.5. The van der Waals surface area contributed by atoms with E-state index < -0.39 is 33.3 Å². The minimum absolute atomic E-state index is 0.0314. The first-order valence-electron chi connectivity index (χ1n) is 15.1. The van der Waals surface area contributed by atoms with Crippen molar-refractivity contribution in [3.8, 4) is 0 Å². The van der Waals surface area contributed by atoms with Crippen molar-refractivity contribution in [3.05, 3.63) is 64.7 Å². The third-order valence-corrected chi connectivity index (χ3v) is 10.7. The molecule has 0 radical (unpaired) electrons. The number of aromatic nitrogens is 2. The molecule has 1 fully saturated rings. The molecule has 3 aromatic rings. The Morgan fingerprint density at radius 3 is 2.60 bits per heavy atom. The first kappa shape index (κ1) is 31.4. The lowest BCUT2D eigenvalue weighted by atomic mass is 9.77. The number of hydrogen-bond acceptors (Lipinski definition) is 7. The van der Waals surface area contributed by atoms with Gasteiger partial charge in [0.15, 0.2) is 14.9 Å². The molecule has 2 aromatic heterocycles. The number of benzene rings is 1. The fourth-order valence-corrected chi connectivity index (χ4v) is 6.78. The second-order valence-corrected chi connectivity index (χ2v) is 14.4. The summed E-state index contributed by atoms with van der Waals surface area (Å²) in [7, 11) is -3.49. The van der Waals surface area contributed by atoms with Gasteiger partial charge in [-0.15, -0.1) is 0 Å². The number of likely N-dealkylation sites (tertiary alicyclic amines) is 1. The van der Waals surface area contributed by atoms with E-state index in [1.807, 2.05) is 13.8 Å². The lowest BCUT2D eigenvalue weighted by Crippen LogP contribution is -2.38. The molecule has 5 rings (SSSR count). The van der Waals surface area contributed by atoms with E-state index in [4.69, 9.17) is 0 Å². The summed E-state index contributed by atoms with van der Waals surface area (Å²) in [4.78, 5) is 24.4. The molecule has 1 aliphatic carbocycles. The zero-order chi connectivity index (χ0) is 30.9. The number of sulfone groups is 1.